The number of rotatable bonds is 4. The number of urea groups is 1. The number of hydrogen-bond acceptors (Lipinski definition) is 3. The van der Waals surface area contributed by atoms with Crippen LogP contribution in [-0.2, 0) is 4.79 Å². The van der Waals surface area contributed by atoms with Crippen molar-refractivity contribution >= 4 is 17.5 Å². The lowest BCUT2D eigenvalue weighted by atomic mass is 9.93. The summed E-state index contributed by atoms with van der Waals surface area (Å²) in [5, 5.41) is 2.89. The Morgan fingerprint density at radius 3 is 2.57 bits per heavy atom. The summed E-state index contributed by atoms with van der Waals surface area (Å²) in [7, 11) is 0. The number of para-hydroxylation sites is 2. The lowest BCUT2D eigenvalue weighted by Crippen LogP contribution is -2.42. The van der Waals surface area contributed by atoms with Crippen molar-refractivity contribution in [2.75, 3.05) is 25.0 Å². The fraction of sp³-hybridized carbons (Fsp3) is 0.500. The zero-order valence-electron chi connectivity index (χ0n) is 12.6. The van der Waals surface area contributed by atoms with Crippen molar-refractivity contribution in [2.45, 2.75) is 26.7 Å². The first-order chi connectivity index (χ1) is 10.1. The molecule has 5 nitrogen and oxygen atoms in total. The van der Waals surface area contributed by atoms with Gasteiger partial charge < -0.3 is 15.0 Å². The molecule has 0 aromatic heterocycles. The third-order valence-corrected chi connectivity index (χ3v) is 3.79. The van der Waals surface area contributed by atoms with Crippen molar-refractivity contribution in [3.05, 3.63) is 24.3 Å². The number of likely N-dealkylation sites (tertiary alicyclic amines) is 1. The molecule has 0 atom stereocenters. The van der Waals surface area contributed by atoms with Crippen LogP contribution in [0.4, 0.5) is 10.5 Å². The van der Waals surface area contributed by atoms with Crippen LogP contribution in [0, 0.1) is 5.92 Å². The molecule has 1 fully saturated rings. The first-order valence-corrected chi connectivity index (χ1v) is 7.40. The Hall–Kier alpha value is -2.04. The van der Waals surface area contributed by atoms with Gasteiger partial charge in [-0.05, 0) is 38.8 Å². The zero-order chi connectivity index (χ0) is 15.2. The molecule has 1 N–H and O–H groups in total. The highest BCUT2D eigenvalue weighted by Gasteiger charge is 2.25. The van der Waals surface area contributed by atoms with Crippen LogP contribution in [0.25, 0.3) is 0 Å². The SMILES string of the molecule is CCOc1ccccc1NC(=O)N1CCC(C(C)=O)CC1. The number of nitrogens with zero attached hydrogens (tertiary/aromatic N) is 1. The maximum absolute atomic E-state index is 12.3. The molecule has 1 heterocycles. The minimum absolute atomic E-state index is 0.102. The van der Waals surface area contributed by atoms with Gasteiger partial charge in [-0.2, -0.15) is 0 Å². The predicted octanol–water partition coefficient (Wildman–Crippen LogP) is 2.92. The molecule has 0 aliphatic carbocycles. The van der Waals surface area contributed by atoms with Crippen LogP contribution in [0.2, 0.25) is 0 Å². The van der Waals surface area contributed by atoms with Crippen LogP contribution in [0.1, 0.15) is 26.7 Å². The van der Waals surface area contributed by atoms with E-state index in [1.54, 1.807) is 11.8 Å². The molecule has 2 rings (SSSR count). The Kier molecular flexibility index (Phi) is 5.20. The number of benzene rings is 1. The number of carbonyl (C=O) groups excluding carboxylic acids is 2. The number of anilines is 1. The minimum Gasteiger partial charge on any atom is -0.492 e. The van der Waals surface area contributed by atoms with Crippen molar-refractivity contribution in [3.8, 4) is 5.75 Å². The van der Waals surface area contributed by atoms with Gasteiger partial charge in [0.15, 0.2) is 0 Å². The number of hydrogen-bond donors (Lipinski definition) is 1. The average molecular weight is 290 g/mol. The molecule has 0 bridgehead atoms. The van der Waals surface area contributed by atoms with E-state index in [9.17, 15) is 9.59 Å². The molecule has 1 aliphatic rings. The van der Waals surface area contributed by atoms with Crippen molar-refractivity contribution < 1.29 is 14.3 Å². The summed E-state index contributed by atoms with van der Waals surface area (Å²) in [6.45, 7) is 5.32. The molecule has 0 saturated carbocycles. The summed E-state index contributed by atoms with van der Waals surface area (Å²) in [6.07, 6.45) is 1.49. The molecule has 5 heteroatoms. The van der Waals surface area contributed by atoms with Gasteiger partial charge in [0.25, 0.3) is 0 Å². The molecule has 114 valence electrons. The quantitative estimate of drug-likeness (QED) is 0.927. The molecule has 1 aliphatic heterocycles. The Labute approximate surface area is 125 Å². The van der Waals surface area contributed by atoms with Crippen LogP contribution >= 0.6 is 0 Å². The van der Waals surface area contributed by atoms with Crippen LogP contribution in [0.5, 0.6) is 5.75 Å². The smallest absolute Gasteiger partial charge is 0.321 e. The van der Waals surface area contributed by atoms with Gasteiger partial charge in [0.2, 0.25) is 0 Å². The monoisotopic (exact) mass is 290 g/mol. The summed E-state index contributed by atoms with van der Waals surface area (Å²) < 4.78 is 5.50. The number of ketones is 1. The summed E-state index contributed by atoms with van der Waals surface area (Å²) in [4.78, 5) is 25.4. The first-order valence-electron chi connectivity index (χ1n) is 7.40. The van der Waals surface area contributed by atoms with E-state index in [0.29, 0.717) is 31.1 Å². The van der Waals surface area contributed by atoms with Gasteiger partial charge in [0, 0.05) is 19.0 Å². The lowest BCUT2D eigenvalue weighted by molar-refractivity contribution is -0.121. The van der Waals surface area contributed by atoms with Crippen LogP contribution in [-0.4, -0.2) is 36.4 Å². The zero-order valence-corrected chi connectivity index (χ0v) is 12.6. The van der Waals surface area contributed by atoms with E-state index in [-0.39, 0.29) is 17.7 Å². The van der Waals surface area contributed by atoms with Crippen molar-refractivity contribution in [1.29, 1.82) is 0 Å². The molecule has 2 amide bonds. The van der Waals surface area contributed by atoms with E-state index in [4.69, 9.17) is 4.74 Å². The van der Waals surface area contributed by atoms with Crippen molar-refractivity contribution in [2.24, 2.45) is 5.92 Å². The summed E-state index contributed by atoms with van der Waals surface area (Å²) in [5.74, 6) is 0.994. The van der Waals surface area contributed by atoms with Crippen molar-refractivity contribution in [3.63, 3.8) is 0 Å². The summed E-state index contributed by atoms with van der Waals surface area (Å²) in [6, 6.07) is 7.26. The number of piperidine rings is 1. The van der Waals surface area contributed by atoms with Crippen molar-refractivity contribution in [1.82, 2.24) is 4.90 Å². The fourth-order valence-electron chi connectivity index (χ4n) is 2.53. The molecule has 0 unspecified atom stereocenters. The van der Waals surface area contributed by atoms with E-state index in [0.717, 1.165) is 12.8 Å². The second-order valence-electron chi connectivity index (χ2n) is 5.23. The number of amides is 2. The lowest BCUT2D eigenvalue weighted by Gasteiger charge is -2.31. The average Bonchev–Trinajstić information content (AvgIpc) is 2.49. The van der Waals surface area contributed by atoms with Crippen LogP contribution < -0.4 is 10.1 Å². The summed E-state index contributed by atoms with van der Waals surface area (Å²) >= 11 is 0. The number of carbonyl (C=O) groups is 2. The Morgan fingerprint density at radius 2 is 1.95 bits per heavy atom. The van der Waals surface area contributed by atoms with E-state index in [1.807, 2.05) is 31.2 Å². The number of ether oxygens (including phenoxy) is 1. The fourth-order valence-corrected chi connectivity index (χ4v) is 2.53. The largest absolute Gasteiger partial charge is 0.492 e. The van der Waals surface area contributed by atoms with Gasteiger partial charge in [-0.3, -0.25) is 4.79 Å². The highest BCUT2D eigenvalue weighted by Crippen LogP contribution is 2.25. The topological polar surface area (TPSA) is 58.6 Å². The Morgan fingerprint density at radius 1 is 1.29 bits per heavy atom. The molecule has 0 radical (unpaired) electrons. The Balaban J connectivity index is 1.95. The van der Waals surface area contributed by atoms with Gasteiger partial charge in [0.1, 0.15) is 11.5 Å². The third kappa shape index (κ3) is 3.97. The van der Waals surface area contributed by atoms with E-state index >= 15 is 0 Å². The third-order valence-electron chi connectivity index (χ3n) is 3.79. The van der Waals surface area contributed by atoms with Gasteiger partial charge in [-0.25, -0.2) is 4.79 Å². The first kappa shape index (κ1) is 15.4. The van der Waals surface area contributed by atoms with Crippen LogP contribution in [0.15, 0.2) is 24.3 Å². The maximum Gasteiger partial charge on any atom is 0.321 e. The van der Waals surface area contributed by atoms with E-state index in [1.165, 1.54) is 0 Å². The highest BCUT2D eigenvalue weighted by molar-refractivity contribution is 5.91. The molecular weight excluding hydrogens is 268 g/mol. The van der Waals surface area contributed by atoms with Gasteiger partial charge in [-0.1, -0.05) is 12.1 Å². The number of Topliss-reactive ketones (excluding diaryl/α,β-unsaturated/α-hetero) is 1. The number of nitrogens with one attached hydrogen (secondary N) is 1. The van der Waals surface area contributed by atoms with Gasteiger partial charge in [-0.15, -0.1) is 0 Å². The standard InChI is InChI=1S/C16H22N2O3/c1-3-21-15-7-5-4-6-14(15)17-16(20)18-10-8-13(9-11-18)12(2)19/h4-7,13H,3,8-11H2,1-2H3,(H,17,20). The minimum atomic E-state index is -0.135. The second-order valence-corrected chi connectivity index (χ2v) is 5.23. The second kappa shape index (κ2) is 7.11. The van der Waals surface area contributed by atoms with Gasteiger partial charge in [0.05, 0.1) is 12.3 Å². The predicted molar refractivity (Wildman–Crippen MR) is 81.6 cm³/mol. The summed E-state index contributed by atoms with van der Waals surface area (Å²) in [5.41, 5.74) is 0.679. The maximum atomic E-state index is 12.3. The molecule has 21 heavy (non-hydrogen) atoms. The molecule has 1 aromatic carbocycles. The van der Waals surface area contributed by atoms with Gasteiger partial charge >= 0.3 is 6.03 Å². The normalized spacial score (nSPS) is 15.6. The van der Waals surface area contributed by atoms with E-state index < -0.39 is 0 Å². The molecule has 1 saturated heterocycles. The highest BCUT2D eigenvalue weighted by atomic mass is 16.5. The van der Waals surface area contributed by atoms with Crippen LogP contribution in [0.3, 0.4) is 0 Å². The molecule has 1 aromatic rings. The Bertz CT molecular complexity index is 508. The molecule has 0 spiro atoms. The van der Waals surface area contributed by atoms with E-state index in [2.05, 4.69) is 5.32 Å². The molecular formula is C16H22N2O3.